The van der Waals surface area contributed by atoms with Gasteiger partial charge in [-0.25, -0.2) is 0 Å². The molecule has 6 heteroatoms. The fourth-order valence-corrected chi connectivity index (χ4v) is 1.94. The normalized spacial score (nSPS) is 14.3. The van der Waals surface area contributed by atoms with E-state index in [-0.39, 0.29) is 5.56 Å². The fourth-order valence-electron chi connectivity index (χ4n) is 1.94. The van der Waals surface area contributed by atoms with Gasteiger partial charge < -0.3 is 5.11 Å². The second-order valence-electron chi connectivity index (χ2n) is 4.68. The van der Waals surface area contributed by atoms with Gasteiger partial charge in [-0.15, -0.1) is 6.58 Å². The zero-order valence-corrected chi connectivity index (χ0v) is 11.4. The van der Waals surface area contributed by atoms with Crippen molar-refractivity contribution in [3.8, 4) is 0 Å². The van der Waals surface area contributed by atoms with E-state index in [0.717, 1.165) is 6.07 Å². The van der Waals surface area contributed by atoms with Crippen molar-refractivity contribution in [3.05, 3.63) is 48.0 Å². The molecule has 2 atom stereocenters. The molecule has 0 aliphatic carbocycles. The molecule has 0 aliphatic heterocycles. The summed E-state index contributed by atoms with van der Waals surface area (Å²) in [5.74, 6) is -4.36. The van der Waals surface area contributed by atoms with Gasteiger partial charge in [-0.05, 0) is 18.1 Å². The molecule has 0 fully saturated rings. The number of ketones is 1. The third-order valence-corrected chi connectivity index (χ3v) is 3.19. The van der Waals surface area contributed by atoms with Gasteiger partial charge in [0.1, 0.15) is 5.92 Å². The van der Waals surface area contributed by atoms with Crippen LogP contribution in [-0.4, -0.2) is 16.9 Å². The lowest BCUT2D eigenvalue weighted by Crippen LogP contribution is -2.30. The minimum Gasteiger partial charge on any atom is -0.481 e. The summed E-state index contributed by atoms with van der Waals surface area (Å²) in [6.07, 6.45) is -3.82. The topological polar surface area (TPSA) is 54.4 Å². The average Bonchev–Trinajstić information content (AvgIpc) is 2.42. The third-order valence-electron chi connectivity index (χ3n) is 3.19. The number of rotatable bonds is 6. The Kier molecular flexibility index (Phi) is 5.29. The van der Waals surface area contributed by atoms with Crippen molar-refractivity contribution >= 4 is 11.8 Å². The molecule has 1 aromatic carbocycles. The summed E-state index contributed by atoms with van der Waals surface area (Å²) in [6.45, 7) is 4.85. The van der Waals surface area contributed by atoms with Crippen molar-refractivity contribution < 1.29 is 27.9 Å². The maximum absolute atomic E-state index is 12.9. The lowest BCUT2D eigenvalue weighted by atomic mass is 9.87. The van der Waals surface area contributed by atoms with Gasteiger partial charge >= 0.3 is 12.1 Å². The zero-order chi connectivity index (χ0) is 16.2. The Morgan fingerprint density at radius 2 is 1.90 bits per heavy atom. The zero-order valence-electron chi connectivity index (χ0n) is 11.4. The Labute approximate surface area is 120 Å². The molecule has 1 aromatic rings. The molecule has 0 saturated heterocycles. The van der Waals surface area contributed by atoms with Gasteiger partial charge in [-0.2, -0.15) is 13.2 Å². The van der Waals surface area contributed by atoms with Crippen LogP contribution in [0.25, 0.3) is 0 Å². The van der Waals surface area contributed by atoms with Gasteiger partial charge in [0, 0.05) is 5.92 Å². The summed E-state index contributed by atoms with van der Waals surface area (Å²) >= 11 is 0. The van der Waals surface area contributed by atoms with Crippen molar-refractivity contribution in [2.45, 2.75) is 19.5 Å². The van der Waals surface area contributed by atoms with Crippen molar-refractivity contribution in [2.75, 3.05) is 0 Å². The molecule has 3 nitrogen and oxygen atoms in total. The number of carbonyl (C=O) groups is 2. The van der Waals surface area contributed by atoms with E-state index in [9.17, 15) is 22.8 Å². The Balaban J connectivity index is 3.15. The molecule has 114 valence electrons. The molecule has 0 spiro atoms. The number of halogens is 3. The van der Waals surface area contributed by atoms with E-state index in [0.29, 0.717) is 0 Å². The molecular weight excluding hydrogens is 285 g/mol. The Hall–Kier alpha value is -2.11. The largest absolute Gasteiger partial charge is 0.481 e. The molecule has 0 bridgehead atoms. The smallest absolute Gasteiger partial charge is 0.416 e. The first kappa shape index (κ1) is 16.9. The lowest BCUT2D eigenvalue weighted by molar-refractivity contribution is -0.148. The molecule has 21 heavy (non-hydrogen) atoms. The molecule has 0 radical (unpaired) electrons. The summed E-state index contributed by atoms with van der Waals surface area (Å²) in [6, 6.07) is 4.65. The maximum Gasteiger partial charge on any atom is 0.416 e. The van der Waals surface area contributed by atoms with Gasteiger partial charge in [0.25, 0.3) is 0 Å². The van der Waals surface area contributed by atoms with E-state index < -0.39 is 41.7 Å². The van der Waals surface area contributed by atoms with Crippen LogP contribution in [0.5, 0.6) is 0 Å². The molecule has 0 heterocycles. The van der Waals surface area contributed by atoms with Crippen LogP contribution in [-0.2, 0) is 22.2 Å². The van der Waals surface area contributed by atoms with E-state index in [1.54, 1.807) is 0 Å². The Bertz CT molecular complexity index is 549. The first-order valence-electron chi connectivity index (χ1n) is 6.22. The van der Waals surface area contributed by atoms with E-state index in [1.165, 1.54) is 31.2 Å². The highest BCUT2D eigenvalue weighted by atomic mass is 19.4. The molecule has 0 amide bonds. The van der Waals surface area contributed by atoms with Gasteiger partial charge in [-0.3, -0.25) is 9.59 Å². The van der Waals surface area contributed by atoms with Crippen LogP contribution < -0.4 is 0 Å². The maximum atomic E-state index is 12.9. The van der Waals surface area contributed by atoms with Crippen LogP contribution in [0.4, 0.5) is 13.2 Å². The number of carboxylic acid groups (broad SMARTS) is 1. The van der Waals surface area contributed by atoms with Crippen molar-refractivity contribution in [2.24, 2.45) is 11.8 Å². The van der Waals surface area contributed by atoms with Gasteiger partial charge in [0.15, 0.2) is 5.78 Å². The van der Waals surface area contributed by atoms with Crippen LogP contribution in [0.2, 0.25) is 0 Å². The highest BCUT2D eigenvalue weighted by Crippen LogP contribution is 2.33. The Morgan fingerprint density at radius 1 is 1.33 bits per heavy atom. The fraction of sp³-hybridized carbons (Fsp3) is 0.333. The van der Waals surface area contributed by atoms with Crippen LogP contribution in [0.3, 0.4) is 0 Å². The third kappa shape index (κ3) is 4.18. The number of hydrogen-bond acceptors (Lipinski definition) is 2. The minimum absolute atomic E-state index is 0.206. The Morgan fingerprint density at radius 3 is 2.38 bits per heavy atom. The summed E-state index contributed by atoms with van der Waals surface area (Å²) in [7, 11) is 0. The predicted molar refractivity (Wildman–Crippen MR) is 70.6 cm³/mol. The number of hydrogen-bond donors (Lipinski definition) is 1. The van der Waals surface area contributed by atoms with Gasteiger partial charge in [-0.1, -0.05) is 31.2 Å². The standard InChI is InChI=1S/C15H15F3O3/c1-3-9(2)13(19)11(14(20)21)8-10-6-4-5-7-12(10)15(16,17)18/h3-7,9,11H,1,8H2,2H3,(H,20,21)/t9-,11?/m0/s1. The molecule has 1 rings (SSSR count). The molecule has 0 saturated carbocycles. The number of carbonyl (C=O) groups excluding carboxylic acids is 1. The summed E-state index contributed by atoms with van der Waals surface area (Å²) in [5, 5.41) is 9.11. The van der Waals surface area contributed by atoms with Crippen LogP contribution >= 0.6 is 0 Å². The molecular formula is C15H15F3O3. The second-order valence-corrected chi connectivity index (χ2v) is 4.68. The van der Waals surface area contributed by atoms with Crippen LogP contribution in [0.15, 0.2) is 36.9 Å². The molecule has 1 unspecified atom stereocenters. The van der Waals surface area contributed by atoms with E-state index in [1.807, 2.05) is 0 Å². The van der Waals surface area contributed by atoms with E-state index >= 15 is 0 Å². The van der Waals surface area contributed by atoms with Crippen LogP contribution in [0, 0.1) is 11.8 Å². The van der Waals surface area contributed by atoms with Crippen molar-refractivity contribution in [3.63, 3.8) is 0 Å². The lowest BCUT2D eigenvalue weighted by Gasteiger charge is -2.17. The van der Waals surface area contributed by atoms with Crippen molar-refractivity contribution in [1.82, 2.24) is 0 Å². The van der Waals surface area contributed by atoms with E-state index in [2.05, 4.69) is 6.58 Å². The first-order valence-corrected chi connectivity index (χ1v) is 6.22. The predicted octanol–water partition coefficient (Wildman–Crippen LogP) is 3.34. The molecule has 1 N–H and O–H groups in total. The number of Topliss-reactive ketones (excluding diaryl/α,β-unsaturated/α-hetero) is 1. The second kappa shape index (κ2) is 6.56. The number of aliphatic carboxylic acids is 1. The summed E-state index contributed by atoms with van der Waals surface area (Å²) in [5.41, 5.74) is -1.13. The SMILES string of the molecule is C=C[C@H](C)C(=O)C(Cc1ccccc1C(F)(F)F)C(=O)O. The number of alkyl halides is 3. The number of benzene rings is 1. The summed E-state index contributed by atoms with van der Waals surface area (Å²) in [4.78, 5) is 23.1. The molecule has 0 aromatic heterocycles. The molecule has 0 aliphatic rings. The minimum atomic E-state index is -4.59. The summed E-state index contributed by atoms with van der Waals surface area (Å²) < 4.78 is 38.6. The van der Waals surface area contributed by atoms with Gasteiger partial charge in [0.2, 0.25) is 0 Å². The van der Waals surface area contributed by atoms with E-state index in [4.69, 9.17) is 5.11 Å². The monoisotopic (exact) mass is 300 g/mol. The van der Waals surface area contributed by atoms with Gasteiger partial charge in [0.05, 0.1) is 5.56 Å². The first-order chi connectivity index (χ1) is 9.68. The number of allylic oxidation sites excluding steroid dienone is 1. The van der Waals surface area contributed by atoms with Crippen molar-refractivity contribution in [1.29, 1.82) is 0 Å². The number of carboxylic acids is 1. The highest BCUT2D eigenvalue weighted by Gasteiger charge is 2.36. The average molecular weight is 300 g/mol. The quantitative estimate of drug-likeness (QED) is 0.647. The van der Waals surface area contributed by atoms with Crippen LogP contribution in [0.1, 0.15) is 18.1 Å². The highest BCUT2D eigenvalue weighted by molar-refractivity contribution is 6.00.